The maximum atomic E-state index is 12.7. The Labute approximate surface area is 167 Å². The highest BCUT2D eigenvalue weighted by Gasteiger charge is 2.36. The van der Waals surface area contributed by atoms with Gasteiger partial charge in [0, 0.05) is 15.6 Å². The molecule has 2 aromatic carbocycles. The van der Waals surface area contributed by atoms with Crippen LogP contribution >= 0.6 is 35.0 Å². The molecule has 1 aliphatic heterocycles. The number of anilines is 1. The fourth-order valence-electron chi connectivity index (χ4n) is 2.66. The van der Waals surface area contributed by atoms with Crippen LogP contribution in [0.15, 0.2) is 47.4 Å². The van der Waals surface area contributed by atoms with Crippen LogP contribution in [-0.4, -0.2) is 11.1 Å². The molecule has 1 aliphatic rings. The first kappa shape index (κ1) is 19.0. The number of unbranched alkanes of at least 4 members (excludes halogenated alkanes) is 1. The maximum Gasteiger partial charge on any atom is 0.298 e. The van der Waals surface area contributed by atoms with E-state index < -0.39 is 0 Å². The first-order valence-corrected chi connectivity index (χ1v) is 9.89. The van der Waals surface area contributed by atoms with E-state index in [0.29, 0.717) is 26.2 Å². The van der Waals surface area contributed by atoms with Crippen molar-refractivity contribution in [2.45, 2.75) is 26.2 Å². The van der Waals surface area contributed by atoms with E-state index >= 15 is 0 Å². The molecule has 3 rings (SSSR count). The number of carbonyl (C=O) groups is 2. The zero-order valence-corrected chi connectivity index (χ0v) is 16.5. The first-order chi connectivity index (χ1) is 12.5. The van der Waals surface area contributed by atoms with E-state index in [0.717, 1.165) is 31.0 Å². The topological polar surface area (TPSA) is 37.4 Å². The van der Waals surface area contributed by atoms with Crippen molar-refractivity contribution in [3.63, 3.8) is 0 Å². The average molecular weight is 406 g/mol. The molecule has 0 saturated carbocycles. The van der Waals surface area contributed by atoms with Crippen LogP contribution in [0.1, 0.15) is 30.9 Å². The predicted molar refractivity (Wildman–Crippen MR) is 110 cm³/mol. The number of hydrogen-bond acceptors (Lipinski definition) is 3. The van der Waals surface area contributed by atoms with Crippen molar-refractivity contribution >= 4 is 57.9 Å². The number of hydrogen-bond donors (Lipinski definition) is 0. The summed E-state index contributed by atoms with van der Waals surface area (Å²) in [5.74, 6) is -0.364. The summed E-state index contributed by atoms with van der Waals surface area (Å²) in [6, 6.07) is 12.7. The SMILES string of the molecule is CCCCc1ccc(N2C(=O)S/C(=C\c3c(Cl)cccc3Cl)C2=O)cc1. The molecule has 2 aromatic rings. The summed E-state index contributed by atoms with van der Waals surface area (Å²) < 4.78 is 0. The van der Waals surface area contributed by atoms with Gasteiger partial charge in [0.05, 0.1) is 10.6 Å². The van der Waals surface area contributed by atoms with Crippen molar-refractivity contribution < 1.29 is 9.59 Å². The maximum absolute atomic E-state index is 12.7. The highest BCUT2D eigenvalue weighted by molar-refractivity contribution is 8.19. The second-order valence-electron chi connectivity index (χ2n) is 5.92. The number of nitrogens with zero attached hydrogens (tertiary/aromatic N) is 1. The van der Waals surface area contributed by atoms with Crippen molar-refractivity contribution in [3.05, 3.63) is 68.5 Å². The standard InChI is InChI=1S/C20H17Cl2NO2S/c1-2-3-5-13-8-10-14(11-9-13)23-19(24)18(26-20(23)25)12-15-16(21)6-4-7-17(15)22/h4,6-12H,2-3,5H2,1H3/b18-12-. The van der Waals surface area contributed by atoms with Gasteiger partial charge in [0.25, 0.3) is 11.1 Å². The second kappa shape index (κ2) is 8.30. The Morgan fingerprint density at radius 1 is 1.04 bits per heavy atom. The van der Waals surface area contributed by atoms with Gasteiger partial charge in [0.15, 0.2) is 0 Å². The molecule has 0 atom stereocenters. The number of rotatable bonds is 5. The van der Waals surface area contributed by atoms with Gasteiger partial charge >= 0.3 is 0 Å². The predicted octanol–water partition coefficient (Wildman–Crippen LogP) is 6.58. The van der Waals surface area contributed by atoms with Crippen LogP contribution in [0.25, 0.3) is 6.08 Å². The molecule has 1 saturated heterocycles. The minimum absolute atomic E-state index is 0.306. The van der Waals surface area contributed by atoms with Gasteiger partial charge in [-0.05, 0) is 60.5 Å². The van der Waals surface area contributed by atoms with Gasteiger partial charge < -0.3 is 0 Å². The van der Waals surface area contributed by atoms with Crippen LogP contribution in [0.4, 0.5) is 10.5 Å². The van der Waals surface area contributed by atoms with E-state index in [4.69, 9.17) is 23.2 Å². The number of halogens is 2. The summed E-state index contributed by atoms with van der Waals surface area (Å²) in [4.78, 5) is 26.6. The van der Waals surface area contributed by atoms with Crippen molar-refractivity contribution in [2.24, 2.45) is 0 Å². The van der Waals surface area contributed by atoms with Gasteiger partial charge in [-0.3, -0.25) is 9.59 Å². The molecule has 1 fully saturated rings. The minimum Gasteiger partial charge on any atom is -0.268 e. The fourth-order valence-corrected chi connectivity index (χ4v) is 3.99. The van der Waals surface area contributed by atoms with Crippen LogP contribution in [0.2, 0.25) is 10.0 Å². The lowest BCUT2D eigenvalue weighted by atomic mass is 10.1. The molecule has 0 spiro atoms. The summed E-state index contributed by atoms with van der Waals surface area (Å²) in [6.07, 6.45) is 4.80. The third kappa shape index (κ3) is 3.98. The molecule has 2 amide bonds. The molecule has 0 bridgehead atoms. The van der Waals surface area contributed by atoms with E-state index in [1.54, 1.807) is 24.3 Å². The molecule has 0 unspecified atom stereocenters. The molecule has 0 N–H and O–H groups in total. The van der Waals surface area contributed by atoms with Crippen LogP contribution in [0, 0.1) is 0 Å². The molecule has 3 nitrogen and oxygen atoms in total. The van der Waals surface area contributed by atoms with Crippen LogP contribution in [0.3, 0.4) is 0 Å². The van der Waals surface area contributed by atoms with E-state index in [1.165, 1.54) is 10.5 Å². The molecule has 1 heterocycles. The molecule has 0 aromatic heterocycles. The Kier molecular flexibility index (Phi) is 6.07. The Morgan fingerprint density at radius 3 is 2.31 bits per heavy atom. The van der Waals surface area contributed by atoms with E-state index in [-0.39, 0.29) is 11.1 Å². The summed E-state index contributed by atoms with van der Waals surface area (Å²) in [5.41, 5.74) is 2.30. The van der Waals surface area contributed by atoms with Crippen LogP contribution in [-0.2, 0) is 11.2 Å². The van der Waals surface area contributed by atoms with Crippen LogP contribution < -0.4 is 4.90 Å². The van der Waals surface area contributed by atoms with Gasteiger partial charge in [-0.2, -0.15) is 0 Å². The van der Waals surface area contributed by atoms with Crippen molar-refractivity contribution in [1.82, 2.24) is 0 Å². The molecular weight excluding hydrogens is 389 g/mol. The smallest absolute Gasteiger partial charge is 0.268 e. The Balaban J connectivity index is 1.86. The third-order valence-electron chi connectivity index (χ3n) is 4.08. The third-order valence-corrected chi connectivity index (χ3v) is 5.61. The molecule has 0 radical (unpaired) electrons. The Morgan fingerprint density at radius 2 is 1.69 bits per heavy atom. The highest BCUT2D eigenvalue weighted by atomic mass is 35.5. The average Bonchev–Trinajstić information content (AvgIpc) is 2.90. The molecule has 134 valence electrons. The Hall–Kier alpha value is -1.75. The molecule has 6 heteroatoms. The highest BCUT2D eigenvalue weighted by Crippen LogP contribution is 2.37. The number of aryl methyl sites for hydroxylation is 1. The lowest BCUT2D eigenvalue weighted by molar-refractivity contribution is -0.113. The Bertz CT molecular complexity index is 858. The van der Waals surface area contributed by atoms with Gasteiger partial charge in [-0.15, -0.1) is 0 Å². The normalized spacial score (nSPS) is 16.0. The second-order valence-corrected chi connectivity index (χ2v) is 7.73. The van der Waals surface area contributed by atoms with Crippen molar-refractivity contribution in [3.8, 4) is 0 Å². The number of imide groups is 1. The molecule has 26 heavy (non-hydrogen) atoms. The number of carbonyl (C=O) groups excluding carboxylic acids is 2. The zero-order chi connectivity index (χ0) is 18.7. The molecular formula is C20H17Cl2NO2S. The van der Waals surface area contributed by atoms with Gasteiger partial charge in [-0.25, -0.2) is 4.90 Å². The van der Waals surface area contributed by atoms with E-state index in [2.05, 4.69) is 6.92 Å². The number of benzene rings is 2. The lowest BCUT2D eigenvalue weighted by Crippen LogP contribution is -2.27. The van der Waals surface area contributed by atoms with E-state index in [1.807, 2.05) is 24.3 Å². The number of thioether (sulfide) groups is 1. The lowest BCUT2D eigenvalue weighted by Gasteiger charge is -2.13. The molecule has 0 aliphatic carbocycles. The van der Waals surface area contributed by atoms with Crippen molar-refractivity contribution in [1.29, 1.82) is 0 Å². The summed E-state index contributed by atoms with van der Waals surface area (Å²) in [6.45, 7) is 2.15. The zero-order valence-electron chi connectivity index (χ0n) is 14.2. The first-order valence-electron chi connectivity index (χ1n) is 8.32. The largest absolute Gasteiger partial charge is 0.298 e. The fraction of sp³-hybridized carbons (Fsp3) is 0.200. The minimum atomic E-state index is -0.364. The monoisotopic (exact) mass is 405 g/mol. The van der Waals surface area contributed by atoms with Gasteiger partial charge in [0.1, 0.15) is 0 Å². The van der Waals surface area contributed by atoms with E-state index in [9.17, 15) is 9.59 Å². The van der Waals surface area contributed by atoms with Crippen molar-refractivity contribution in [2.75, 3.05) is 4.90 Å². The summed E-state index contributed by atoms with van der Waals surface area (Å²) in [5, 5.41) is 0.542. The quantitative estimate of drug-likeness (QED) is 0.527. The number of amides is 2. The summed E-state index contributed by atoms with van der Waals surface area (Å²) in [7, 11) is 0. The summed E-state index contributed by atoms with van der Waals surface area (Å²) >= 11 is 13.2. The van der Waals surface area contributed by atoms with Gasteiger partial charge in [-0.1, -0.05) is 54.7 Å². The van der Waals surface area contributed by atoms with Gasteiger partial charge in [0.2, 0.25) is 0 Å². The van der Waals surface area contributed by atoms with Crippen LogP contribution in [0.5, 0.6) is 0 Å².